The Morgan fingerprint density at radius 2 is 1.18 bits per heavy atom. The largest absolute Gasteiger partial charge is 0.242 e. The molecule has 0 amide bonds. The fourth-order valence-electron chi connectivity index (χ4n) is 4.99. The van der Waals surface area contributed by atoms with E-state index in [2.05, 4.69) is 132 Å². The molecule has 0 aromatic heterocycles. The van der Waals surface area contributed by atoms with Gasteiger partial charge in [-0.3, -0.25) is 0 Å². The van der Waals surface area contributed by atoms with Gasteiger partial charge in [-0.05, 0) is 72.6 Å². The molecular formula is C34H34NOPS. The lowest BCUT2D eigenvalue weighted by Gasteiger charge is -2.35. The lowest BCUT2D eigenvalue weighted by atomic mass is 9.96. The minimum atomic E-state index is -1.22. The molecular weight excluding hydrogens is 501 g/mol. The highest BCUT2D eigenvalue weighted by Gasteiger charge is 2.33. The third-order valence-electron chi connectivity index (χ3n) is 6.74. The molecule has 0 fully saturated rings. The SMILES string of the molecule is CN([C@@H](c1ccc2ccccc2c1)c1ccccc1P(c1ccccc1)c1ccccc1)[S@](=O)C(C)(C)C. The quantitative estimate of drug-likeness (QED) is 0.204. The summed E-state index contributed by atoms with van der Waals surface area (Å²) in [5.74, 6) is 0. The van der Waals surface area contributed by atoms with Crippen molar-refractivity contribution in [3.05, 3.63) is 139 Å². The van der Waals surface area contributed by atoms with Crippen molar-refractivity contribution in [1.82, 2.24) is 4.31 Å². The van der Waals surface area contributed by atoms with Crippen molar-refractivity contribution in [3.8, 4) is 0 Å². The van der Waals surface area contributed by atoms with Crippen LogP contribution in [0.4, 0.5) is 0 Å². The fourth-order valence-corrected chi connectivity index (χ4v) is 8.77. The van der Waals surface area contributed by atoms with E-state index in [1.807, 2.05) is 27.8 Å². The van der Waals surface area contributed by atoms with E-state index in [-0.39, 0.29) is 10.8 Å². The van der Waals surface area contributed by atoms with Crippen LogP contribution in [0.25, 0.3) is 10.8 Å². The lowest BCUT2D eigenvalue weighted by molar-refractivity contribution is 0.441. The summed E-state index contributed by atoms with van der Waals surface area (Å²) in [6, 6.07) is 45.3. The number of fused-ring (bicyclic) bond motifs is 1. The summed E-state index contributed by atoms with van der Waals surface area (Å²) in [4.78, 5) is 0. The molecule has 0 spiro atoms. The van der Waals surface area contributed by atoms with Crippen molar-refractivity contribution in [1.29, 1.82) is 0 Å². The summed E-state index contributed by atoms with van der Waals surface area (Å²) in [6.45, 7) is 6.14. The summed E-state index contributed by atoms with van der Waals surface area (Å²) in [5, 5.41) is 6.29. The highest BCUT2D eigenvalue weighted by atomic mass is 32.2. The Morgan fingerprint density at radius 1 is 0.658 bits per heavy atom. The monoisotopic (exact) mass is 535 g/mol. The molecule has 0 saturated heterocycles. The minimum absolute atomic E-state index is 0.173. The van der Waals surface area contributed by atoms with Gasteiger partial charge in [-0.25, -0.2) is 8.51 Å². The summed E-state index contributed by atoms with van der Waals surface area (Å²) < 4.78 is 15.6. The van der Waals surface area contributed by atoms with Gasteiger partial charge in [-0.1, -0.05) is 121 Å². The molecule has 0 unspecified atom stereocenters. The predicted octanol–water partition coefficient (Wildman–Crippen LogP) is 7.08. The van der Waals surface area contributed by atoms with Crippen molar-refractivity contribution in [2.24, 2.45) is 0 Å². The Bertz CT molecular complexity index is 1510. The van der Waals surface area contributed by atoms with Crippen molar-refractivity contribution in [2.75, 3.05) is 7.05 Å². The van der Waals surface area contributed by atoms with Gasteiger partial charge in [0.1, 0.15) is 11.0 Å². The Balaban J connectivity index is 1.75. The standard InChI is InChI=1S/C34H34NOPS/c1-34(2,3)38(36)35(4)33(28-24-23-26-15-11-12-16-27(26)25-28)31-21-13-14-22-32(31)37(29-17-7-5-8-18-29)30-19-9-6-10-20-30/h5-25,33H,1-4H3/t33-,38+/m0/s1. The zero-order valence-corrected chi connectivity index (χ0v) is 24.1. The van der Waals surface area contributed by atoms with Crippen LogP contribution in [0.2, 0.25) is 0 Å². The van der Waals surface area contributed by atoms with E-state index in [1.54, 1.807) is 0 Å². The molecule has 0 heterocycles. The van der Waals surface area contributed by atoms with Gasteiger partial charge in [-0.15, -0.1) is 0 Å². The van der Waals surface area contributed by atoms with Crippen LogP contribution < -0.4 is 15.9 Å². The topological polar surface area (TPSA) is 20.3 Å². The van der Waals surface area contributed by atoms with E-state index in [4.69, 9.17) is 0 Å². The molecule has 2 nitrogen and oxygen atoms in total. The van der Waals surface area contributed by atoms with Gasteiger partial charge < -0.3 is 0 Å². The van der Waals surface area contributed by atoms with Gasteiger partial charge >= 0.3 is 0 Å². The molecule has 0 aliphatic heterocycles. The molecule has 4 heteroatoms. The van der Waals surface area contributed by atoms with Gasteiger partial charge in [0.2, 0.25) is 0 Å². The Morgan fingerprint density at radius 3 is 1.79 bits per heavy atom. The first-order chi connectivity index (χ1) is 18.3. The van der Waals surface area contributed by atoms with Crippen LogP contribution in [0.5, 0.6) is 0 Å². The molecule has 0 radical (unpaired) electrons. The predicted molar refractivity (Wildman–Crippen MR) is 167 cm³/mol. The van der Waals surface area contributed by atoms with Crippen molar-refractivity contribution < 1.29 is 4.21 Å². The van der Waals surface area contributed by atoms with Gasteiger partial charge in [0.15, 0.2) is 0 Å². The average Bonchev–Trinajstić information content (AvgIpc) is 2.94. The van der Waals surface area contributed by atoms with E-state index >= 15 is 0 Å². The maximum Gasteiger partial charge on any atom is 0.100 e. The zero-order chi connectivity index (χ0) is 26.7. The maximum atomic E-state index is 13.9. The normalized spacial score (nSPS) is 13.6. The molecule has 2 atom stereocenters. The number of hydrogen-bond donors (Lipinski definition) is 0. The van der Waals surface area contributed by atoms with E-state index < -0.39 is 18.9 Å². The van der Waals surface area contributed by atoms with Crippen molar-refractivity contribution in [2.45, 2.75) is 31.6 Å². The minimum Gasteiger partial charge on any atom is -0.242 e. The molecule has 192 valence electrons. The number of nitrogens with zero attached hydrogens (tertiary/aromatic N) is 1. The summed E-state index contributed by atoms with van der Waals surface area (Å²) in [5.41, 5.74) is 2.34. The third-order valence-corrected chi connectivity index (χ3v) is 11.0. The molecule has 38 heavy (non-hydrogen) atoms. The van der Waals surface area contributed by atoms with Crippen LogP contribution in [-0.4, -0.2) is 20.3 Å². The second-order valence-corrected chi connectivity index (χ2v) is 15.0. The maximum absolute atomic E-state index is 13.9. The number of benzene rings is 5. The highest BCUT2D eigenvalue weighted by Crippen LogP contribution is 2.40. The Kier molecular flexibility index (Phi) is 7.91. The molecule has 5 rings (SSSR count). The first kappa shape index (κ1) is 26.5. The first-order valence-electron chi connectivity index (χ1n) is 13.0. The summed E-state index contributed by atoms with van der Waals surface area (Å²) >= 11 is 0. The molecule has 0 N–H and O–H groups in total. The summed E-state index contributed by atoms with van der Waals surface area (Å²) in [6.07, 6.45) is 0. The lowest BCUT2D eigenvalue weighted by Crippen LogP contribution is -2.39. The van der Waals surface area contributed by atoms with Gasteiger partial charge in [0, 0.05) is 7.05 Å². The van der Waals surface area contributed by atoms with Gasteiger partial charge in [0.25, 0.3) is 0 Å². The van der Waals surface area contributed by atoms with Gasteiger partial charge in [-0.2, -0.15) is 0 Å². The van der Waals surface area contributed by atoms with E-state index in [0.717, 1.165) is 5.56 Å². The van der Waals surface area contributed by atoms with Crippen molar-refractivity contribution in [3.63, 3.8) is 0 Å². The second-order valence-electron chi connectivity index (χ2n) is 10.5. The van der Waals surface area contributed by atoms with Crippen molar-refractivity contribution >= 4 is 45.6 Å². The van der Waals surface area contributed by atoms with Crippen LogP contribution in [0.1, 0.15) is 37.9 Å². The van der Waals surface area contributed by atoms with Crippen LogP contribution >= 0.6 is 7.92 Å². The molecule has 0 aliphatic rings. The Hall–Kier alpha value is -3.10. The van der Waals surface area contributed by atoms with E-state index in [0.29, 0.717) is 0 Å². The highest BCUT2D eigenvalue weighted by molar-refractivity contribution is 7.84. The molecule has 0 aliphatic carbocycles. The van der Waals surface area contributed by atoms with E-state index in [1.165, 1.54) is 32.2 Å². The molecule has 0 bridgehead atoms. The van der Waals surface area contributed by atoms with Crippen LogP contribution in [-0.2, 0) is 11.0 Å². The smallest absolute Gasteiger partial charge is 0.100 e. The second kappa shape index (κ2) is 11.3. The average molecular weight is 536 g/mol. The Labute approximate surface area is 230 Å². The van der Waals surface area contributed by atoms with Crippen LogP contribution in [0.3, 0.4) is 0 Å². The summed E-state index contributed by atoms with van der Waals surface area (Å²) in [7, 11) is -0.0335. The molecule has 5 aromatic carbocycles. The fraction of sp³-hybridized carbons (Fsp3) is 0.176. The molecule has 5 aromatic rings. The van der Waals surface area contributed by atoms with Crippen LogP contribution in [0.15, 0.2) is 127 Å². The number of hydrogen-bond acceptors (Lipinski definition) is 1. The first-order valence-corrected chi connectivity index (χ1v) is 15.4. The van der Waals surface area contributed by atoms with Crippen LogP contribution in [0, 0.1) is 0 Å². The van der Waals surface area contributed by atoms with E-state index in [9.17, 15) is 4.21 Å². The third kappa shape index (κ3) is 5.52. The zero-order valence-electron chi connectivity index (χ0n) is 22.4. The molecule has 0 saturated carbocycles. The number of rotatable bonds is 7. The van der Waals surface area contributed by atoms with Gasteiger partial charge in [0.05, 0.1) is 10.8 Å².